The Balaban J connectivity index is 1.78. The minimum Gasteiger partial charge on any atom is -0.318 e. The lowest BCUT2D eigenvalue weighted by molar-refractivity contribution is 0.615. The van der Waals surface area contributed by atoms with Gasteiger partial charge < -0.3 is 9.80 Å². The Morgan fingerprint density at radius 2 is 1.06 bits per heavy atom. The van der Waals surface area contributed by atoms with Crippen molar-refractivity contribution >= 4 is 22.7 Å². The van der Waals surface area contributed by atoms with Crippen LogP contribution in [-0.2, 0) is 10.8 Å². The topological polar surface area (TPSA) is 6.48 Å². The van der Waals surface area contributed by atoms with Crippen LogP contribution in [-0.4, -0.2) is 6.17 Å². The first-order valence-corrected chi connectivity index (χ1v) is 11.6. The van der Waals surface area contributed by atoms with Crippen LogP contribution in [0.15, 0.2) is 42.5 Å². The van der Waals surface area contributed by atoms with Gasteiger partial charge in [-0.15, -0.1) is 0 Å². The number of hydrogen-bond acceptors (Lipinski definition) is 2. The van der Waals surface area contributed by atoms with Crippen LogP contribution in [0.5, 0.6) is 0 Å². The molecular formula is C29H32N2. The van der Waals surface area contributed by atoms with Crippen molar-refractivity contribution in [3.8, 4) is 0 Å². The number of rotatable bonds is 0. The molecule has 158 valence electrons. The van der Waals surface area contributed by atoms with Gasteiger partial charge in [0.15, 0.2) is 0 Å². The van der Waals surface area contributed by atoms with Gasteiger partial charge in [0.25, 0.3) is 0 Å². The molecule has 3 aliphatic heterocycles. The number of benzene rings is 3. The fraction of sp³-hybridized carbons (Fsp3) is 0.379. The van der Waals surface area contributed by atoms with E-state index >= 15 is 0 Å². The van der Waals surface area contributed by atoms with Gasteiger partial charge in [0, 0.05) is 10.8 Å². The lowest BCUT2D eigenvalue weighted by atomic mass is 9.69. The summed E-state index contributed by atoms with van der Waals surface area (Å²) in [6, 6.07) is 16.3. The maximum absolute atomic E-state index is 2.65. The van der Waals surface area contributed by atoms with Crippen LogP contribution in [0.3, 0.4) is 0 Å². The van der Waals surface area contributed by atoms with Crippen LogP contribution in [0.1, 0.15) is 73.6 Å². The molecule has 3 aliphatic rings. The molecule has 6 rings (SSSR count). The lowest BCUT2D eigenvalue weighted by Gasteiger charge is -2.42. The third kappa shape index (κ3) is 2.00. The predicted molar refractivity (Wildman–Crippen MR) is 132 cm³/mol. The summed E-state index contributed by atoms with van der Waals surface area (Å²) < 4.78 is 0. The molecule has 0 spiro atoms. The van der Waals surface area contributed by atoms with Gasteiger partial charge in [-0.2, -0.15) is 0 Å². The van der Waals surface area contributed by atoms with E-state index in [0.717, 1.165) is 0 Å². The molecule has 2 heteroatoms. The van der Waals surface area contributed by atoms with Crippen LogP contribution in [0, 0.1) is 20.8 Å². The molecule has 1 atom stereocenters. The summed E-state index contributed by atoms with van der Waals surface area (Å²) in [5.74, 6) is 0. The Hall–Kier alpha value is -2.74. The molecule has 3 aromatic carbocycles. The summed E-state index contributed by atoms with van der Waals surface area (Å²) in [6.07, 6.45) is 0.237. The Bertz CT molecular complexity index is 1290. The highest BCUT2D eigenvalue weighted by Crippen LogP contribution is 2.64. The molecule has 0 aromatic heterocycles. The summed E-state index contributed by atoms with van der Waals surface area (Å²) >= 11 is 0. The Morgan fingerprint density at radius 1 is 0.581 bits per heavy atom. The maximum atomic E-state index is 2.65. The summed E-state index contributed by atoms with van der Waals surface area (Å²) in [4.78, 5) is 5.28. The average Bonchev–Trinajstić information content (AvgIpc) is 3.00. The minimum atomic E-state index is -0.0272. The Morgan fingerprint density at radius 3 is 1.68 bits per heavy atom. The SMILES string of the molecule is Cc1ccc2c(c1C)N1c3c(ccc4c3N(c3c(C)cccc3C4(C)C)[C@H]1C)C2(C)C. The molecule has 2 nitrogen and oxygen atoms in total. The van der Waals surface area contributed by atoms with Crippen molar-refractivity contribution in [1.29, 1.82) is 0 Å². The van der Waals surface area contributed by atoms with Crippen LogP contribution in [0.4, 0.5) is 22.7 Å². The van der Waals surface area contributed by atoms with Gasteiger partial charge in [-0.1, -0.05) is 70.2 Å². The molecule has 0 bridgehead atoms. The first kappa shape index (κ1) is 19.0. The maximum Gasteiger partial charge on any atom is 0.108 e. The van der Waals surface area contributed by atoms with Crippen molar-refractivity contribution < 1.29 is 0 Å². The van der Waals surface area contributed by atoms with Gasteiger partial charge in [0.1, 0.15) is 6.17 Å². The molecule has 0 saturated heterocycles. The van der Waals surface area contributed by atoms with Gasteiger partial charge in [0.2, 0.25) is 0 Å². The average molecular weight is 409 g/mol. The van der Waals surface area contributed by atoms with Gasteiger partial charge in [-0.25, -0.2) is 0 Å². The van der Waals surface area contributed by atoms with E-state index in [4.69, 9.17) is 0 Å². The molecule has 3 aromatic rings. The van der Waals surface area contributed by atoms with Crippen LogP contribution >= 0.6 is 0 Å². The molecule has 0 aliphatic carbocycles. The summed E-state index contributed by atoms with van der Waals surface area (Å²) in [6.45, 7) is 18.8. The van der Waals surface area contributed by atoms with Gasteiger partial charge in [-0.3, -0.25) is 0 Å². The van der Waals surface area contributed by atoms with E-state index < -0.39 is 0 Å². The number of hydrogen-bond donors (Lipinski definition) is 0. The molecule has 3 heterocycles. The van der Waals surface area contributed by atoms with Crippen molar-refractivity contribution in [1.82, 2.24) is 0 Å². The first-order chi connectivity index (χ1) is 14.6. The third-order valence-corrected chi connectivity index (χ3v) is 8.50. The predicted octanol–water partition coefficient (Wildman–Crippen LogP) is 7.53. The second-order valence-corrected chi connectivity index (χ2v) is 10.9. The summed E-state index contributed by atoms with van der Waals surface area (Å²) in [5.41, 5.74) is 15.5. The number of para-hydroxylation sites is 1. The van der Waals surface area contributed by atoms with Crippen molar-refractivity contribution in [2.75, 3.05) is 9.80 Å². The molecule has 31 heavy (non-hydrogen) atoms. The minimum absolute atomic E-state index is 0.0238. The van der Waals surface area contributed by atoms with E-state index in [1.54, 1.807) is 0 Å². The third-order valence-electron chi connectivity index (χ3n) is 8.50. The largest absolute Gasteiger partial charge is 0.318 e. The highest BCUT2D eigenvalue weighted by Gasteiger charge is 2.51. The lowest BCUT2D eigenvalue weighted by Crippen LogP contribution is -2.41. The van der Waals surface area contributed by atoms with Crippen LogP contribution < -0.4 is 9.80 Å². The fourth-order valence-corrected chi connectivity index (χ4v) is 6.55. The van der Waals surface area contributed by atoms with Crippen molar-refractivity contribution in [2.24, 2.45) is 0 Å². The summed E-state index contributed by atoms with van der Waals surface area (Å²) in [7, 11) is 0. The van der Waals surface area contributed by atoms with E-state index in [-0.39, 0.29) is 17.0 Å². The van der Waals surface area contributed by atoms with Gasteiger partial charge >= 0.3 is 0 Å². The van der Waals surface area contributed by atoms with Crippen molar-refractivity contribution in [2.45, 2.75) is 72.4 Å². The highest BCUT2D eigenvalue weighted by atomic mass is 15.4. The zero-order valence-corrected chi connectivity index (χ0v) is 20.0. The highest BCUT2D eigenvalue weighted by molar-refractivity contribution is 6.00. The number of anilines is 4. The number of nitrogens with zero attached hydrogens (tertiary/aromatic N) is 2. The molecule has 0 radical (unpaired) electrons. The van der Waals surface area contributed by atoms with E-state index in [1.165, 1.54) is 61.7 Å². The quantitative estimate of drug-likeness (QED) is 0.379. The molecule has 0 fully saturated rings. The van der Waals surface area contributed by atoms with Gasteiger partial charge in [-0.05, 0) is 66.6 Å². The molecular weight excluding hydrogens is 376 g/mol. The van der Waals surface area contributed by atoms with E-state index in [9.17, 15) is 0 Å². The smallest absolute Gasteiger partial charge is 0.108 e. The molecule has 0 saturated carbocycles. The Labute approximate surface area is 186 Å². The monoisotopic (exact) mass is 408 g/mol. The molecule has 0 N–H and O–H groups in total. The molecule has 0 unspecified atom stereocenters. The Kier molecular flexibility index (Phi) is 3.39. The zero-order valence-electron chi connectivity index (χ0n) is 20.0. The zero-order chi connectivity index (χ0) is 22.0. The standard InChI is InChI=1S/C29H32N2/c1-16-12-13-21-25(18(16)3)31-19(4)30-24-17(2)10-9-11-20(24)28(5,6)22-14-15-23(29(21,7)8)27(31)26(22)30/h9-15,19H,1-8H3/t19-/m1/s1. The van der Waals surface area contributed by atoms with E-state index in [1.807, 2.05) is 0 Å². The second-order valence-electron chi connectivity index (χ2n) is 10.9. The normalized spacial score (nSPS) is 21.0. The first-order valence-electron chi connectivity index (χ1n) is 11.6. The van der Waals surface area contributed by atoms with E-state index in [2.05, 4.69) is 108 Å². The van der Waals surface area contributed by atoms with Crippen LogP contribution in [0.25, 0.3) is 0 Å². The van der Waals surface area contributed by atoms with Crippen molar-refractivity contribution in [3.05, 3.63) is 81.4 Å². The fourth-order valence-electron chi connectivity index (χ4n) is 6.55. The summed E-state index contributed by atoms with van der Waals surface area (Å²) in [5, 5.41) is 0. The van der Waals surface area contributed by atoms with Crippen LogP contribution in [0.2, 0.25) is 0 Å². The number of aryl methyl sites for hydroxylation is 2. The van der Waals surface area contributed by atoms with Gasteiger partial charge in [0.05, 0.1) is 22.7 Å². The van der Waals surface area contributed by atoms with Crippen molar-refractivity contribution in [3.63, 3.8) is 0 Å². The number of fused-ring (bicyclic) bond motifs is 4. The second kappa shape index (κ2) is 5.54. The molecule has 0 amide bonds. The van der Waals surface area contributed by atoms with E-state index in [0.29, 0.717) is 0 Å².